The van der Waals surface area contributed by atoms with Gasteiger partial charge in [0.1, 0.15) is 0 Å². The Hall–Kier alpha value is -0.860. The molecule has 3 nitrogen and oxygen atoms in total. The highest BCUT2D eigenvalue weighted by Gasteiger charge is 2.39. The number of hydrogen-bond donors (Lipinski definition) is 0. The second kappa shape index (κ2) is 4.79. The molecule has 1 aromatic heterocycles. The summed E-state index contributed by atoms with van der Waals surface area (Å²) >= 11 is 0. The fraction of sp³-hybridized carbons (Fsp3) is 0.857. The summed E-state index contributed by atoms with van der Waals surface area (Å²) in [6.45, 7) is 11.5. The Morgan fingerprint density at radius 2 is 2.00 bits per heavy atom. The molecule has 0 bridgehead atoms. The SMILES string of the molecule is CC[C@H]1C[C@H](C)[C@H](C)[C@@H](n2cc(C)nn2)[C@H]1C. The first-order valence-electron chi connectivity index (χ1n) is 6.93. The van der Waals surface area contributed by atoms with Gasteiger partial charge in [0.15, 0.2) is 0 Å². The summed E-state index contributed by atoms with van der Waals surface area (Å²) in [5.41, 5.74) is 1.02. The van der Waals surface area contributed by atoms with Crippen molar-refractivity contribution < 1.29 is 0 Å². The first-order valence-corrected chi connectivity index (χ1v) is 6.93. The Bertz CT molecular complexity index is 371. The monoisotopic (exact) mass is 235 g/mol. The third-order valence-electron chi connectivity index (χ3n) is 4.85. The average molecular weight is 235 g/mol. The molecule has 17 heavy (non-hydrogen) atoms. The Morgan fingerprint density at radius 3 is 2.53 bits per heavy atom. The van der Waals surface area contributed by atoms with E-state index in [-0.39, 0.29) is 0 Å². The molecule has 0 amide bonds. The van der Waals surface area contributed by atoms with Crippen LogP contribution in [0.3, 0.4) is 0 Å². The van der Waals surface area contributed by atoms with Gasteiger partial charge >= 0.3 is 0 Å². The lowest BCUT2D eigenvalue weighted by molar-refractivity contribution is 0.0604. The summed E-state index contributed by atoms with van der Waals surface area (Å²) in [5, 5.41) is 8.46. The minimum absolute atomic E-state index is 0.518. The molecule has 3 heteroatoms. The Kier molecular flexibility index (Phi) is 3.55. The summed E-state index contributed by atoms with van der Waals surface area (Å²) < 4.78 is 2.11. The van der Waals surface area contributed by atoms with Crippen LogP contribution in [0.5, 0.6) is 0 Å². The topological polar surface area (TPSA) is 30.7 Å². The molecule has 0 aromatic carbocycles. The van der Waals surface area contributed by atoms with Crippen molar-refractivity contribution >= 4 is 0 Å². The number of nitrogens with zero attached hydrogens (tertiary/aromatic N) is 3. The van der Waals surface area contributed by atoms with Gasteiger partial charge in [-0.2, -0.15) is 0 Å². The summed E-state index contributed by atoms with van der Waals surface area (Å²) in [6.07, 6.45) is 4.74. The maximum Gasteiger partial charge on any atom is 0.0796 e. The van der Waals surface area contributed by atoms with Crippen LogP contribution in [0.1, 0.15) is 52.3 Å². The van der Waals surface area contributed by atoms with Crippen molar-refractivity contribution in [1.82, 2.24) is 15.0 Å². The maximum atomic E-state index is 4.31. The van der Waals surface area contributed by atoms with Gasteiger partial charge in [0.05, 0.1) is 11.7 Å². The van der Waals surface area contributed by atoms with Gasteiger partial charge in [0.25, 0.3) is 0 Å². The molecule has 0 saturated heterocycles. The molecule has 0 aliphatic heterocycles. The lowest BCUT2D eigenvalue weighted by Gasteiger charge is -2.43. The van der Waals surface area contributed by atoms with E-state index in [1.165, 1.54) is 12.8 Å². The summed E-state index contributed by atoms with van der Waals surface area (Å²) in [5.74, 6) is 3.00. The Balaban J connectivity index is 2.28. The van der Waals surface area contributed by atoms with E-state index in [4.69, 9.17) is 0 Å². The third-order valence-corrected chi connectivity index (χ3v) is 4.85. The average Bonchev–Trinajstić information content (AvgIpc) is 2.70. The van der Waals surface area contributed by atoms with Gasteiger partial charge in [-0.25, -0.2) is 4.68 Å². The second-order valence-electron chi connectivity index (χ2n) is 5.93. The molecule has 1 heterocycles. The maximum absolute atomic E-state index is 4.31. The van der Waals surface area contributed by atoms with Crippen LogP contribution < -0.4 is 0 Å². The zero-order chi connectivity index (χ0) is 12.6. The van der Waals surface area contributed by atoms with E-state index < -0.39 is 0 Å². The van der Waals surface area contributed by atoms with Crippen molar-refractivity contribution in [2.24, 2.45) is 23.7 Å². The van der Waals surface area contributed by atoms with Crippen LogP contribution in [-0.2, 0) is 0 Å². The van der Waals surface area contributed by atoms with Crippen LogP contribution in [0.15, 0.2) is 6.20 Å². The van der Waals surface area contributed by atoms with Crippen LogP contribution >= 0.6 is 0 Å². The van der Waals surface area contributed by atoms with Gasteiger partial charge < -0.3 is 0 Å². The van der Waals surface area contributed by atoms with Crippen LogP contribution in [0.25, 0.3) is 0 Å². The molecule has 1 aromatic rings. The van der Waals surface area contributed by atoms with E-state index in [9.17, 15) is 0 Å². The predicted octanol–water partition coefficient (Wildman–Crippen LogP) is 3.47. The molecule has 96 valence electrons. The molecular formula is C14H25N3. The van der Waals surface area contributed by atoms with E-state index in [0.717, 1.165) is 17.5 Å². The van der Waals surface area contributed by atoms with Crippen LogP contribution in [0.2, 0.25) is 0 Å². The molecule has 0 radical (unpaired) electrons. The van der Waals surface area contributed by atoms with Gasteiger partial charge in [0, 0.05) is 6.20 Å². The first-order chi connectivity index (χ1) is 8.04. The van der Waals surface area contributed by atoms with Gasteiger partial charge in [-0.05, 0) is 37.0 Å². The first kappa shape index (κ1) is 12.6. The quantitative estimate of drug-likeness (QED) is 0.786. The summed E-state index contributed by atoms with van der Waals surface area (Å²) in [6, 6.07) is 0.518. The third kappa shape index (κ3) is 2.24. The van der Waals surface area contributed by atoms with Crippen molar-refractivity contribution in [2.45, 2.75) is 53.5 Å². The molecule has 1 aliphatic carbocycles. The highest BCUT2D eigenvalue weighted by Crippen LogP contribution is 2.45. The van der Waals surface area contributed by atoms with Gasteiger partial charge in [0.2, 0.25) is 0 Å². The van der Waals surface area contributed by atoms with E-state index >= 15 is 0 Å². The summed E-state index contributed by atoms with van der Waals surface area (Å²) in [7, 11) is 0. The van der Waals surface area contributed by atoms with Crippen LogP contribution in [-0.4, -0.2) is 15.0 Å². The fourth-order valence-corrected chi connectivity index (χ4v) is 3.53. The number of aromatic nitrogens is 3. The minimum Gasteiger partial charge on any atom is -0.249 e. The van der Waals surface area contributed by atoms with Gasteiger partial charge in [-0.3, -0.25) is 0 Å². The van der Waals surface area contributed by atoms with E-state index in [1.807, 2.05) is 6.92 Å². The predicted molar refractivity (Wildman–Crippen MR) is 69.7 cm³/mol. The molecule has 0 spiro atoms. The molecule has 0 N–H and O–H groups in total. The molecule has 0 unspecified atom stereocenters. The minimum atomic E-state index is 0.518. The standard InChI is InChI=1S/C14H25N3/c1-6-13-7-9(2)11(4)14(12(13)5)17-8-10(3)15-16-17/h8-9,11-14H,6-7H2,1-5H3/t9-,11-,12-,13-,14+/m0/s1. The van der Waals surface area contributed by atoms with E-state index in [0.29, 0.717) is 17.9 Å². The largest absolute Gasteiger partial charge is 0.249 e. The molecule has 1 saturated carbocycles. The highest BCUT2D eigenvalue weighted by atomic mass is 15.4. The number of aryl methyl sites for hydroxylation is 1. The smallest absolute Gasteiger partial charge is 0.0796 e. The van der Waals surface area contributed by atoms with Crippen molar-refractivity contribution in [3.8, 4) is 0 Å². The lowest BCUT2D eigenvalue weighted by atomic mass is 9.66. The van der Waals surface area contributed by atoms with E-state index in [1.54, 1.807) is 0 Å². The molecule has 5 atom stereocenters. The van der Waals surface area contributed by atoms with Crippen molar-refractivity contribution in [3.05, 3.63) is 11.9 Å². The molecular weight excluding hydrogens is 210 g/mol. The van der Waals surface area contributed by atoms with Gasteiger partial charge in [-0.15, -0.1) is 5.10 Å². The van der Waals surface area contributed by atoms with Gasteiger partial charge in [-0.1, -0.05) is 39.3 Å². The normalized spacial score (nSPS) is 38.3. The number of rotatable bonds is 2. The van der Waals surface area contributed by atoms with Crippen LogP contribution in [0, 0.1) is 30.6 Å². The molecule has 1 fully saturated rings. The number of hydrogen-bond acceptors (Lipinski definition) is 2. The molecule has 1 aliphatic rings. The Morgan fingerprint density at radius 1 is 1.29 bits per heavy atom. The lowest BCUT2D eigenvalue weighted by Crippen LogP contribution is -2.38. The highest BCUT2D eigenvalue weighted by molar-refractivity contribution is 4.94. The fourth-order valence-electron chi connectivity index (χ4n) is 3.53. The van der Waals surface area contributed by atoms with Crippen LogP contribution in [0.4, 0.5) is 0 Å². The zero-order valence-corrected chi connectivity index (χ0v) is 11.7. The van der Waals surface area contributed by atoms with E-state index in [2.05, 4.69) is 48.9 Å². The van der Waals surface area contributed by atoms with Crippen molar-refractivity contribution in [1.29, 1.82) is 0 Å². The summed E-state index contributed by atoms with van der Waals surface area (Å²) in [4.78, 5) is 0. The van der Waals surface area contributed by atoms with Crippen molar-refractivity contribution in [3.63, 3.8) is 0 Å². The molecule has 2 rings (SSSR count). The second-order valence-corrected chi connectivity index (χ2v) is 5.93. The van der Waals surface area contributed by atoms with Crippen molar-refractivity contribution in [2.75, 3.05) is 0 Å². The Labute approximate surface area is 105 Å². The zero-order valence-electron chi connectivity index (χ0n) is 11.7.